The van der Waals surface area contributed by atoms with E-state index < -0.39 is 94.5 Å². The lowest BCUT2D eigenvalue weighted by atomic mass is 10.0. The Morgan fingerprint density at radius 1 is 0.908 bits per heavy atom. The number of rotatable bonds is 24. The normalized spacial score (nSPS) is 20.0. The van der Waals surface area contributed by atoms with Crippen LogP contribution in [0.15, 0.2) is 58.4 Å². The fraction of sp³-hybridized carbons (Fsp3) is 0.486. The van der Waals surface area contributed by atoms with Gasteiger partial charge in [0.25, 0.3) is 5.56 Å². The van der Waals surface area contributed by atoms with Crippen molar-refractivity contribution in [1.82, 2.24) is 20.3 Å². The Kier molecular flexibility index (Phi) is 19.6. The van der Waals surface area contributed by atoms with Crippen LogP contribution in [0.5, 0.6) is 0 Å². The monoisotopic (exact) mass is 995 g/mol. The first-order valence-electron chi connectivity index (χ1n) is 19.8. The summed E-state index contributed by atoms with van der Waals surface area (Å²) >= 11 is 0. The molecule has 1 saturated heterocycles. The number of phosphoric ester groups is 1. The Bertz CT molecular complexity index is 2530. The van der Waals surface area contributed by atoms with Crippen molar-refractivity contribution >= 4 is 61.8 Å². The van der Waals surface area contributed by atoms with E-state index in [0.29, 0.717) is 24.6 Å². The number of H-pyrrole nitrogens is 1. The molecule has 0 bridgehead atoms. The number of amides is 2. The van der Waals surface area contributed by atoms with Gasteiger partial charge in [0.1, 0.15) is 24.4 Å². The van der Waals surface area contributed by atoms with Crippen LogP contribution in [0.1, 0.15) is 62.2 Å². The molecule has 0 spiro atoms. The number of fused-ring (bicyclic) bond motifs is 1. The molecule has 1 aliphatic heterocycles. The largest absolute Gasteiger partial charge is 0.490 e. The summed E-state index contributed by atoms with van der Waals surface area (Å²) in [6.07, 6.45) is -5.03. The number of carbonyl (C=O) groups excluding carboxylic acids is 2. The third-order valence-electron chi connectivity index (χ3n) is 9.55. The third-order valence-corrected chi connectivity index (χ3v) is 15.0. The molecule has 0 radical (unpaired) electrons. The number of benzene rings is 2. The van der Waals surface area contributed by atoms with Gasteiger partial charge in [-0.25, -0.2) is 26.8 Å². The maximum absolute atomic E-state index is 13.2. The maximum atomic E-state index is 13.2. The first-order chi connectivity index (χ1) is 30.4. The Morgan fingerprint density at radius 3 is 2.26 bits per heavy atom. The molecular formula is C37H52N5O19P3S. The second-order valence-electron chi connectivity index (χ2n) is 14.8. The van der Waals surface area contributed by atoms with Crippen molar-refractivity contribution in [2.24, 2.45) is 0 Å². The summed E-state index contributed by atoms with van der Waals surface area (Å²) < 4.78 is 82.4. The number of aliphatic hydroxyl groups is 3. The van der Waals surface area contributed by atoms with Crippen molar-refractivity contribution in [3.05, 3.63) is 70.1 Å². The van der Waals surface area contributed by atoms with E-state index in [1.54, 1.807) is 18.2 Å². The number of sulfonamides is 1. The summed E-state index contributed by atoms with van der Waals surface area (Å²) in [7, 11) is -17.3. The smallest absolute Gasteiger partial charge is 0.394 e. The van der Waals surface area contributed by atoms with Crippen molar-refractivity contribution in [3.8, 4) is 11.8 Å². The van der Waals surface area contributed by atoms with Gasteiger partial charge in [0, 0.05) is 73.8 Å². The molecule has 1 fully saturated rings. The maximum Gasteiger partial charge on any atom is 0.490 e. The highest BCUT2D eigenvalue weighted by molar-refractivity contribution is 7.89. The zero-order valence-corrected chi connectivity index (χ0v) is 38.5. The Balaban J connectivity index is 1.26. The molecule has 2 aromatic carbocycles. The highest BCUT2D eigenvalue weighted by atomic mass is 32.2. The SMILES string of the molecule is CN(C)c1cccc2c(S(=O)(=O)NCCCCCC(=O)NCC(CCCC(=O)NCC#Cc3c[nH]c(=O)c([C@@H]4O[C@H](CO)[C@@H](O)[C@H]4O)c3)OP(=O)(O)OP(=O)(O)OP(=O)(O)O)cccc12. The fourth-order valence-corrected chi connectivity index (χ4v) is 11.1. The van der Waals surface area contributed by atoms with Crippen LogP contribution in [-0.4, -0.2) is 125 Å². The molecule has 28 heteroatoms. The number of carbonyl (C=O) groups is 2. The first kappa shape index (κ1) is 53.7. The second kappa shape index (κ2) is 23.7. The molecule has 360 valence electrons. The third kappa shape index (κ3) is 16.7. The predicted molar refractivity (Wildman–Crippen MR) is 231 cm³/mol. The average Bonchev–Trinajstić information content (AvgIpc) is 3.50. The molecular weight excluding hydrogens is 943 g/mol. The Hall–Kier alpha value is -3.89. The van der Waals surface area contributed by atoms with Crippen LogP contribution in [0.25, 0.3) is 10.8 Å². The van der Waals surface area contributed by atoms with Crippen molar-refractivity contribution < 1.29 is 84.5 Å². The quantitative estimate of drug-likeness (QED) is 0.0335. The number of unbranched alkanes of at least 4 members (excludes halogenated alkanes) is 2. The van der Waals surface area contributed by atoms with Crippen molar-refractivity contribution in [2.75, 3.05) is 45.2 Å². The molecule has 7 atom stereocenters. The van der Waals surface area contributed by atoms with E-state index >= 15 is 0 Å². The number of aliphatic hydroxyl groups excluding tert-OH is 3. The van der Waals surface area contributed by atoms with Crippen LogP contribution in [0.2, 0.25) is 0 Å². The van der Waals surface area contributed by atoms with E-state index in [2.05, 4.69) is 40.8 Å². The van der Waals surface area contributed by atoms with Gasteiger partial charge >= 0.3 is 23.5 Å². The Morgan fingerprint density at radius 2 is 1.58 bits per heavy atom. The minimum absolute atomic E-state index is 0.0549. The lowest BCUT2D eigenvalue weighted by Crippen LogP contribution is -2.33. The molecule has 11 N–H and O–H groups in total. The number of hydrogen-bond acceptors (Lipinski definition) is 16. The van der Waals surface area contributed by atoms with Gasteiger partial charge in [0.2, 0.25) is 21.8 Å². The first-order valence-corrected chi connectivity index (χ1v) is 25.8. The molecule has 0 saturated carbocycles. The van der Waals surface area contributed by atoms with E-state index in [1.807, 2.05) is 31.1 Å². The summed E-state index contributed by atoms with van der Waals surface area (Å²) in [5.74, 6) is 4.23. The molecule has 2 amide bonds. The number of anilines is 1. The van der Waals surface area contributed by atoms with Crippen molar-refractivity contribution in [1.29, 1.82) is 0 Å². The number of nitrogens with one attached hydrogen (secondary N) is 4. The number of pyridine rings is 1. The summed E-state index contributed by atoms with van der Waals surface area (Å²) in [6, 6.07) is 11.7. The number of aromatic amines is 1. The van der Waals surface area contributed by atoms with E-state index in [-0.39, 0.29) is 54.8 Å². The van der Waals surface area contributed by atoms with Gasteiger partial charge in [-0.3, -0.25) is 18.9 Å². The lowest BCUT2D eigenvalue weighted by molar-refractivity contribution is -0.122. The summed E-state index contributed by atoms with van der Waals surface area (Å²) in [5.41, 5.74) is 0.420. The lowest BCUT2D eigenvalue weighted by Gasteiger charge is -2.22. The van der Waals surface area contributed by atoms with Gasteiger partial charge in [-0.2, -0.15) is 8.62 Å². The molecule has 3 unspecified atom stereocenters. The van der Waals surface area contributed by atoms with Crippen molar-refractivity contribution in [2.45, 2.75) is 80.4 Å². The topological polar surface area (TPSA) is 370 Å². The van der Waals surface area contributed by atoms with Gasteiger partial charge < -0.3 is 60.1 Å². The fourth-order valence-electron chi connectivity index (χ4n) is 6.57. The van der Waals surface area contributed by atoms with Crippen molar-refractivity contribution in [3.63, 3.8) is 0 Å². The van der Waals surface area contributed by atoms with E-state index in [4.69, 9.17) is 19.0 Å². The van der Waals surface area contributed by atoms with Crippen LogP contribution in [0, 0.1) is 11.8 Å². The molecule has 4 rings (SSSR count). The summed E-state index contributed by atoms with van der Waals surface area (Å²) in [5, 5.41) is 35.9. The number of nitrogens with zero attached hydrogens (tertiary/aromatic N) is 1. The van der Waals surface area contributed by atoms with Crippen LogP contribution in [0.4, 0.5) is 5.69 Å². The Labute approximate surface area is 373 Å². The van der Waals surface area contributed by atoms with Crippen LogP contribution in [0.3, 0.4) is 0 Å². The van der Waals surface area contributed by atoms with Gasteiger partial charge in [-0.1, -0.05) is 42.5 Å². The standard InChI is InChI=1S/C37H52N5O19P3S/c1-42(2)29-14-7-13-27-26(29)12-8-15-31(27)65(56,57)41-19-5-3-4-16-33(45)39-22-25(59-63(52,53)61-64(54,55)60-62(49,50)51)11-6-17-32(44)38-18-9-10-24-20-28(37(48)40-21-24)36-35(47)34(46)30(23-43)58-36/h7-8,12-15,20-21,25,30,34-36,41,43,46-47H,3-6,11,16-19,22-23H2,1-2H3,(H,38,44)(H,39,45)(H,40,48)(H,52,53)(H,54,55)(H2,49,50,51)/t25?,30-,34-,35-,36+/m1/s1. The minimum atomic E-state index is -5.86. The second-order valence-corrected chi connectivity index (χ2v) is 20.9. The molecule has 2 heterocycles. The van der Waals surface area contributed by atoms with Crippen LogP contribution < -0.4 is 25.8 Å². The number of phosphoric acid groups is 3. The highest BCUT2D eigenvalue weighted by Gasteiger charge is 2.44. The average molecular weight is 996 g/mol. The zero-order valence-electron chi connectivity index (χ0n) is 35.0. The number of ether oxygens (including phenoxy) is 1. The van der Waals surface area contributed by atoms with E-state index in [1.165, 1.54) is 18.3 Å². The number of aromatic nitrogens is 1. The van der Waals surface area contributed by atoms with E-state index in [0.717, 1.165) is 11.1 Å². The zero-order chi connectivity index (χ0) is 48.2. The summed E-state index contributed by atoms with van der Waals surface area (Å²) in [4.78, 5) is 79.4. The molecule has 3 aromatic rings. The van der Waals surface area contributed by atoms with Gasteiger partial charge in [-0.05, 0) is 43.9 Å². The molecule has 1 aromatic heterocycles. The van der Waals surface area contributed by atoms with Crippen LogP contribution >= 0.6 is 23.5 Å². The van der Waals surface area contributed by atoms with Gasteiger partial charge in [0.15, 0.2) is 0 Å². The minimum Gasteiger partial charge on any atom is -0.394 e. The molecule has 1 aliphatic rings. The molecule has 65 heavy (non-hydrogen) atoms. The molecule has 24 nitrogen and oxygen atoms in total. The highest BCUT2D eigenvalue weighted by Crippen LogP contribution is 2.66. The summed E-state index contributed by atoms with van der Waals surface area (Å²) in [6.45, 7) is -1.22. The van der Waals surface area contributed by atoms with Crippen LogP contribution in [-0.2, 0) is 51.2 Å². The molecule has 0 aliphatic carbocycles. The van der Waals surface area contributed by atoms with Gasteiger partial charge in [-0.15, -0.1) is 0 Å². The van der Waals surface area contributed by atoms with E-state index in [9.17, 15) is 61.6 Å². The van der Waals surface area contributed by atoms with Gasteiger partial charge in [0.05, 0.1) is 24.2 Å². The predicted octanol–water partition coefficient (Wildman–Crippen LogP) is 0.753. The number of hydrogen-bond donors (Lipinski definition) is 11.